The van der Waals surface area contributed by atoms with Gasteiger partial charge in [0.25, 0.3) is 0 Å². The van der Waals surface area contributed by atoms with Crippen LogP contribution in [0.2, 0.25) is 0 Å². The van der Waals surface area contributed by atoms with E-state index in [1.807, 2.05) is 0 Å². The zero-order valence-electron chi connectivity index (χ0n) is 44.7. The average molecular weight is 1010 g/mol. The number of aliphatic hydroxyl groups excluding tert-OH is 1. The molecule has 0 saturated carbocycles. The first-order valence-electron chi connectivity index (χ1n) is 28.2. The Kier molecular flexibility index (Phi) is 50.4. The number of carbonyl (C=O) groups is 3. The third kappa shape index (κ3) is 50.1. The molecular weight excluding hydrogens is 904 g/mol. The first-order chi connectivity index (χ1) is 34.2. The minimum atomic E-state index is -4.75. The molecule has 70 heavy (non-hydrogen) atoms. The van der Waals surface area contributed by atoms with Crippen molar-refractivity contribution in [1.82, 2.24) is 0 Å². The highest BCUT2D eigenvalue weighted by atomic mass is 31.2. The zero-order chi connectivity index (χ0) is 51.3. The molecule has 0 heterocycles. The van der Waals surface area contributed by atoms with Crippen LogP contribution in [-0.2, 0) is 42.2 Å². The average Bonchev–Trinajstić information content (AvgIpc) is 3.35. The van der Waals surface area contributed by atoms with Crippen molar-refractivity contribution in [3.63, 3.8) is 0 Å². The van der Waals surface area contributed by atoms with Crippen molar-refractivity contribution in [2.45, 2.75) is 264 Å². The van der Waals surface area contributed by atoms with Crippen LogP contribution in [0.15, 0.2) is 60.8 Å². The Balaban J connectivity index is 4.74. The van der Waals surface area contributed by atoms with E-state index in [2.05, 4.69) is 81.5 Å². The van der Waals surface area contributed by atoms with Crippen molar-refractivity contribution in [3.8, 4) is 0 Å². The van der Waals surface area contributed by atoms with Gasteiger partial charge in [0.2, 0.25) is 0 Å². The van der Waals surface area contributed by atoms with Gasteiger partial charge < -0.3 is 24.2 Å². The molecule has 0 aromatic heterocycles. The zero-order valence-corrected chi connectivity index (χ0v) is 45.6. The van der Waals surface area contributed by atoms with Crippen LogP contribution in [0, 0.1) is 0 Å². The molecule has 11 nitrogen and oxygen atoms in total. The maximum absolute atomic E-state index is 12.9. The van der Waals surface area contributed by atoms with Crippen LogP contribution < -0.4 is 0 Å². The molecular formula is C58H103O11P. The number of unbranched alkanes of at least 4 members (excludes halogenated alkanes) is 25. The molecule has 0 aliphatic rings. The maximum Gasteiger partial charge on any atom is 0.472 e. The number of hydrogen-bond acceptors (Lipinski definition) is 10. The molecule has 0 aromatic carbocycles. The fraction of sp³-hybridized carbons (Fsp3) is 0.776. The first kappa shape index (κ1) is 67.2. The van der Waals surface area contributed by atoms with E-state index in [4.69, 9.17) is 23.3 Å². The summed E-state index contributed by atoms with van der Waals surface area (Å²) in [6.07, 6.45) is 56.0. The van der Waals surface area contributed by atoms with Crippen LogP contribution >= 0.6 is 7.82 Å². The summed E-state index contributed by atoms with van der Waals surface area (Å²) in [7, 11) is -4.75. The topological polar surface area (TPSA) is 155 Å². The van der Waals surface area contributed by atoms with Crippen molar-refractivity contribution < 1.29 is 52.2 Å². The van der Waals surface area contributed by atoms with Gasteiger partial charge in [0.05, 0.1) is 19.8 Å². The molecule has 0 radical (unpaired) electrons. The summed E-state index contributed by atoms with van der Waals surface area (Å²) in [5.41, 5.74) is 0. The first-order valence-corrected chi connectivity index (χ1v) is 29.7. The van der Waals surface area contributed by atoms with E-state index in [-0.39, 0.29) is 25.9 Å². The highest BCUT2D eigenvalue weighted by Crippen LogP contribution is 2.43. The van der Waals surface area contributed by atoms with Gasteiger partial charge in [-0.1, -0.05) is 210 Å². The number of rotatable bonds is 52. The number of esters is 3. The SMILES string of the molecule is CC/C=C\C/C=C\C/C=C\CCCCCCCC(=O)OC(COC(=O)CCCCCCCCCCCCCCC)COP(=O)(O)OCC(CO)OC(=O)CCCCCCC/C=C\C/C=C\CCCCC. The highest BCUT2D eigenvalue weighted by Gasteiger charge is 2.28. The second-order valence-electron chi connectivity index (χ2n) is 18.7. The summed E-state index contributed by atoms with van der Waals surface area (Å²) >= 11 is 0. The predicted molar refractivity (Wildman–Crippen MR) is 288 cm³/mol. The quantitative estimate of drug-likeness (QED) is 0.0197. The fourth-order valence-corrected chi connectivity index (χ4v) is 8.42. The molecule has 0 aromatic rings. The van der Waals surface area contributed by atoms with Crippen molar-refractivity contribution in [2.75, 3.05) is 26.4 Å². The van der Waals surface area contributed by atoms with E-state index >= 15 is 0 Å². The van der Waals surface area contributed by atoms with E-state index in [0.29, 0.717) is 19.3 Å². The lowest BCUT2D eigenvalue weighted by Crippen LogP contribution is -2.30. The lowest BCUT2D eigenvalue weighted by molar-refractivity contribution is -0.161. The van der Waals surface area contributed by atoms with Gasteiger partial charge in [-0.25, -0.2) is 4.57 Å². The predicted octanol–water partition coefficient (Wildman–Crippen LogP) is 16.4. The molecule has 0 saturated heterocycles. The molecule has 0 amide bonds. The van der Waals surface area contributed by atoms with Crippen molar-refractivity contribution in [3.05, 3.63) is 60.8 Å². The molecule has 3 atom stereocenters. The monoisotopic (exact) mass is 1010 g/mol. The number of allylic oxidation sites excluding steroid dienone is 10. The molecule has 0 aliphatic heterocycles. The molecule has 0 aliphatic carbocycles. The van der Waals surface area contributed by atoms with Crippen LogP contribution in [0.3, 0.4) is 0 Å². The molecule has 12 heteroatoms. The Labute approximate surface area is 427 Å². The van der Waals surface area contributed by atoms with Crippen LogP contribution in [-0.4, -0.2) is 66.5 Å². The van der Waals surface area contributed by atoms with Gasteiger partial charge in [-0.05, 0) is 83.5 Å². The molecule has 0 fully saturated rings. The Morgan fingerprint density at radius 1 is 0.414 bits per heavy atom. The molecule has 3 unspecified atom stereocenters. The molecule has 2 N–H and O–H groups in total. The lowest BCUT2D eigenvalue weighted by atomic mass is 10.0. The highest BCUT2D eigenvalue weighted by molar-refractivity contribution is 7.47. The van der Waals surface area contributed by atoms with Crippen LogP contribution in [0.1, 0.15) is 252 Å². The largest absolute Gasteiger partial charge is 0.472 e. The van der Waals surface area contributed by atoms with E-state index in [1.54, 1.807) is 0 Å². The molecule has 406 valence electrons. The second-order valence-corrected chi connectivity index (χ2v) is 20.2. The summed E-state index contributed by atoms with van der Waals surface area (Å²) in [5, 5.41) is 9.80. The second kappa shape index (κ2) is 52.5. The Morgan fingerprint density at radius 3 is 1.17 bits per heavy atom. The summed E-state index contributed by atoms with van der Waals surface area (Å²) in [5.74, 6) is -1.49. The summed E-state index contributed by atoms with van der Waals surface area (Å²) in [6.45, 7) is 4.48. The standard InChI is InChI=1S/C58H103O11P/c1-4-7-10-13-16-19-22-25-27-30-33-36-39-42-45-48-57(61)68-54(50-59)52-66-70(63,64)67-53-55(51-65-56(60)47-44-41-38-35-32-29-24-21-18-15-12-9-6-3)69-58(62)49-46-43-40-37-34-31-28-26-23-20-17-14-11-8-5-2/h8,11,16-17,19-20,25-28,54-55,59H,4-7,9-10,12-15,18,21-24,29-53H2,1-3H3,(H,63,64)/b11-8-,19-16-,20-17-,27-25-,28-26-. The normalized spacial score (nSPS) is 13.8. The minimum absolute atomic E-state index is 0.148. The number of ether oxygens (including phenoxy) is 3. The lowest BCUT2D eigenvalue weighted by Gasteiger charge is -2.21. The van der Waals surface area contributed by atoms with Crippen molar-refractivity contribution >= 4 is 25.7 Å². The van der Waals surface area contributed by atoms with E-state index in [9.17, 15) is 28.9 Å². The van der Waals surface area contributed by atoms with Crippen molar-refractivity contribution in [2.24, 2.45) is 0 Å². The number of phosphoric ester groups is 1. The summed E-state index contributed by atoms with van der Waals surface area (Å²) in [4.78, 5) is 48.5. The van der Waals surface area contributed by atoms with Crippen LogP contribution in [0.4, 0.5) is 0 Å². The molecule has 0 spiro atoms. The van der Waals surface area contributed by atoms with Gasteiger partial charge in [0.15, 0.2) is 6.10 Å². The Bertz CT molecular complexity index is 1410. The van der Waals surface area contributed by atoms with E-state index in [0.717, 1.165) is 116 Å². The third-order valence-electron chi connectivity index (χ3n) is 11.9. The number of phosphoric acid groups is 1. The molecule has 0 bridgehead atoms. The van der Waals surface area contributed by atoms with E-state index in [1.165, 1.54) is 77.0 Å². The number of carbonyl (C=O) groups excluding carboxylic acids is 3. The minimum Gasteiger partial charge on any atom is -0.462 e. The van der Waals surface area contributed by atoms with Gasteiger partial charge in [-0.15, -0.1) is 0 Å². The van der Waals surface area contributed by atoms with Crippen molar-refractivity contribution in [1.29, 1.82) is 0 Å². The molecule has 0 rings (SSSR count). The third-order valence-corrected chi connectivity index (χ3v) is 12.9. The summed E-state index contributed by atoms with van der Waals surface area (Å²) < 4.78 is 39.5. The number of hydrogen-bond donors (Lipinski definition) is 2. The van der Waals surface area contributed by atoms with Gasteiger partial charge in [0, 0.05) is 19.3 Å². The fourth-order valence-electron chi connectivity index (χ4n) is 7.64. The van der Waals surface area contributed by atoms with Gasteiger partial charge in [-0.2, -0.15) is 0 Å². The van der Waals surface area contributed by atoms with Gasteiger partial charge in [-0.3, -0.25) is 23.4 Å². The smallest absolute Gasteiger partial charge is 0.462 e. The Morgan fingerprint density at radius 2 is 0.743 bits per heavy atom. The maximum atomic E-state index is 12.9. The van der Waals surface area contributed by atoms with E-state index < -0.39 is 57.8 Å². The van der Waals surface area contributed by atoms with Gasteiger partial charge >= 0.3 is 25.7 Å². The summed E-state index contributed by atoms with van der Waals surface area (Å²) in [6, 6.07) is 0. The van der Waals surface area contributed by atoms with Gasteiger partial charge in [0.1, 0.15) is 12.7 Å². The van der Waals surface area contributed by atoms with Crippen LogP contribution in [0.25, 0.3) is 0 Å². The number of aliphatic hydroxyl groups is 1. The Hall–Kier alpha value is -2.82. The van der Waals surface area contributed by atoms with Crippen LogP contribution in [0.5, 0.6) is 0 Å².